The Morgan fingerprint density at radius 1 is 0.867 bits per heavy atom. The zero-order chi connectivity index (χ0) is 21.5. The van der Waals surface area contributed by atoms with Gasteiger partial charge in [0, 0.05) is 16.9 Å². The molecular weight excluding hydrogens is 376 g/mol. The first kappa shape index (κ1) is 21.1. The molecule has 3 rings (SSSR count). The lowest BCUT2D eigenvalue weighted by Crippen LogP contribution is -2.32. The van der Waals surface area contributed by atoms with Gasteiger partial charge in [-0.15, -0.1) is 0 Å². The minimum atomic E-state index is -0.594. The van der Waals surface area contributed by atoms with Crippen molar-refractivity contribution in [3.05, 3.63) is 89.5 Å². The lowest BCUT2D eigenvalue weighted by atomic mass is 10.1. The van der Waals surface area contributed by atoms with E-state index in [4.69, 9.17) is 4.74 Å². The van der Waals surface area contributed by atoms with Gasteiger partial charge in [-0.25, -0.2) is 0 Å². The summed E-state index contributed by atoms with van der Waals surface area (Å²) in [6, 6.07) is 22.1. The molecular formula is C25H26N2O3. The largest absolute Gasteiger partial charge is 0.480 e. The maximum Gasteiger partial charge on any atom is 0.265 e. The summed E-state index contributed by atoms with van der Waals surface area (Å²) >= 11 is 0. The van der Waals surface area contributed by atoms with E-state index in [1.165, 1.54) is 0 Å². The lowest BCUT2D eigenvalue weighted by molar-refractivity contribution is -0.122. The van der Waals surface area contributed by atoms with Crippen molar-refractivity contribution in [1.29, 1.82) is 0 Å². The predicted octanol–water partition coefficient (Wildman–Crippen LogP) is 5.35. The van der Waals surface area contributed by atoms with E-state index in [0.29, 0.717) is 29.1 Å². The predicted molar refractivity (Wildman–Crippen MR) is 120 cm³/mol. The highest BCUT2D eigenvalue weighted by molar-refractivity contribution is 6.04. The molecule has 5 nitrogen and oxygen atoms in total. The number of nitrogens with one attached hydrogen (secondary N) is 2. The third kappa shape index (κ3) is 5.26. The molecule has 0 saturated carbocycles. The molecule has 2 N–H and O–H groups in total. The van der Waals surface area contributed by atoms with Gasteiger partial charge in [-0.1, -0.05) is 43.3 Å². The number of hydrogen-bond donors (Lipinski definition) is 2. The summed E-state index contributed by atoms with van der Waals surface area (Å²) in [6.07, 6.45) is -0.0476. The number of para-hydroxylation sites is 1. The van der Waals surface area contributed by atoms with Gasteiger partial charge in [0.05, 0.1) is 0 Å². The summed E-state index contributed by atoms with van der Waals surface area (Å²) in [5.74, 6) is 0.323. The van der Waals surface area contributed by atoms with Gasteiger partial charge in [0.1, 0.15) is 5.75 Å². The first-order valence-electron chi connectivity index (χ1n) is 9.98. The van der Waals surface area contributed by atoms with E-state index >= 15 is 0 Å². The Morgan fingerprint density at radius 3 is 2.23 bits per heavy atom. The van der Waals surface area contributed by atoms with E-state index in [2.05, 4.69) is 10.6 Å². The quantitative estimate of drug-likeness (QED) is 0.560. The van der Waals surface area contributed by atoms with E-state index in [-0.39, 0.29) is 11.8 Å². The minimum Gasteiger partial charge on any atom is -0.480 e. The van der Waals surface area contributed by atoms with E-state index in [0.717, 1.165) is 11.1 Å². The van der Waals surface area contributed by atoms with Crippen LogP contribution in [0.25, 0.3) is 0 Å². The Bertz CT molecular complexity index is 1030. The van der Waals surface area contributed by atoms with Gasteiger partial charge in [-0.3, -0.25) is 9.59 Å². The van der Waals surface area contributed by atoms with Gasteiger partial charge in [-0.2, -0.15) is 0 Å². The van der Waals surface area contributed by atoms with Gasteiger partial charge < -0.3 is 15.4 Å². The number of amides is 2. The van der Waals surface area contributed by atoms with Crippen LogP contribution < -0.4 is 15.4 Å². The summed E-state index contributed by atoms with van der Waals surface area (Å²) in [5, 5.41) is 5.81. The first-order chi connectivity index (χ1) is 14.5. The Hall–Kier alpha value is -3.60. The standard InChI is InChI=1S/C25H26N2O3/c1-4-22(30-23-13-9-8-10-17(23)2)25(29)26-20-14-15-21(18(3)16-20)27-24(28)19-11-6-5-7-12-19/h5-16,22H,4H2,1-3H3,(H,26,29)(H,27,28). The molecule has 0 heterocycles. The number of aryl methyl sites for hydroxylation is 2. The number of benzene rings is 3. The van der Waals surface area contributed by atoms with Crippen LogP contribution in [0.4, 0.5) is 11.4 Å². The maximum atomic E-state index is 12.7. The van der Waals surface area contributed by atoms with Crippen molar-refractivity contribution in [2.24, 2.45) is 0 Å². The minimum absolute atomic E-state index is 0.173. The summed E-state index contributed by atoms with van der Waals surface area (Å²) in [6.45, 7) is 5.75. The topological polar surface area (TPSA) is 67.4 Å². The molecule has 154 valence electrons. The third-order valence-electron chi connectivity index (χ3n) is 4.80. The van der Waals surface area contributed by atoms with Crippen LogP contribution in [0.2, 0.25) is 0 Å². The molecule has 1 unspecified atom stereocenters. The number of anilines is 2. The Balaban J connectivity index is 1.66. The second-order valence-corrected chi connectivity index (χ2v) is 7.12. The average Bonchev–Trinajstić information content (AvgIpc) is 2.75. The molecule has 2 amide bonds. The summed E-state index contributed by atoms with van der Waals surface area (Å²) in [5.41, 5.74) is 3.78. The second-order valence-electron chi connectivity index (χ2n) is 7.12. The van der Waals surface area contributed by atoms with E-state index < -0.39 is 6.10 Å². The van der Waals surface area contributed by atoms with Crippen molar-refractivity contribution >= 4 is 23.2 Å². The Labute approximate surface area is 177 Å². The molecule has 0 aromatic heterocycles. The fourth-order valence-corrected chi connectivity index (χ4v) is 3.05. The molecule has 1 atom stereocenters. The van der Waals surface area contributed by atoms with E-state index in [9.17, 15) is 9.59 Å². The fraction of sp³-hybridized carbons (Fsp3) is 0.200. The Kier molecular flexibility index (Phi) is 6.86. The Morgan fingerprint density at radius 2 is 1.57 bits per heavy atom. The zero-order valence-electron chi connectivity index (χ0n) is 17.4. The number of carbonyl (C=O) groups is 2. The molecule has 0 bridgehead atoms. The monoisotopic (exact) mass is 402 g/mol. The van der Waals surface area contributed by atoms with Crippen LogP contribution in [0.3, 0.4) is 0 Å². The summed E-state index contributed by atoms with van der Waals surface area (Å²) < 4.78 is 5.91. The number of hydrogen-bond acceptors (Lipinski definition) is 3. The van der Waals surface area contributed by atoms with Crippen LogP contribution in [0.5, 0.6) is 5.75 Å². The highest BCUT2D eigenvalue weighted by Gasteiger charge is 2.19. The molecule has 3 aromatic rings. The molecule has 0 saturated heterocycles. The van der Waals surface area contributed by atoms with E-state index in [1.807, 2.05) is 69.3 Å². The zero-order valence-corrected chi connectivity index (χ0v) is 17.4. The molecule has 0 spiro atoms. The van der Waals surface area contributed by atoms with Gasteiger partial charge >= 0.3 is 0 Å². The first-order valence-corrected chi connectivity index (χ1v) is 9.98. The van der Waals surface area contributed by atoms with Crippen LogP contribution in [0, 0.1) is 13.8 Å². The third-order valence-corrected chi connectivity index (χ3v) is 4.80. The molecule has 0 aliphatic rings. The van der Waals surface area contributed by atoms with Crippen molar-refractivity contribution in [2.75, 3.05) is 10.6 Å². The molecule has 5 heteroatoms. The summed E-state index contributed by atoms with van der Waals surface area (Å²) in [4.78, 5) is 25.1. The fourth-order valence-electron chi connectivity index (χ4n) is 3.05. The molecule has 3 aromatic carbocycles. The van der Waals surface area contributed by atoms with E-state index in [1.54, 1.807) is 24.3 Å². The second kappa shape index (κ2) is 9.74. The van der Waals surface area contributed by atoms with Crippen molar-refractivity contribution in [1.82, 2.24) is 0 Å². The van der Waals surface area contributed by atoms with Crippen molar-refractivity contribution in [3.63, 3.8) is 0 Å². The summed E-state index contributed by atoms with van der Waals surface area (Å²) in [7, 11) is 0. The highest BCUT2D eigenvalue weighted by Crippen LogP contribution is 2.22. The number of ether oxygens (including phenoxy) is 1. The van der Waals surface area contributed by atoms with Gasteiger partial charge in [0.25, 0.3) is 11.8 Å². The van der Waals surface area contributed by atoms with Crippen LogP contribution in [0.1, 0.15) is 34.8 Å². The van der Waals surface area contributed by atoms with Crippen molar-refractivity contribution in [2.45, 2.75) is 33.3 Å². The smallest absolute Gasteiger partial charge is 0.265 e. The van der Waals surface area contributed by atoms with Gasteiger partial charge in [-0.05, 0) is 67.8 Å². The van der Waals surface area contributed by atoms with Crippen LogP contribution in [-0.4, -0.2) is 17.9 Å². The van der Waals surface area contributed by atoms with Crippen LogP contribution in [-0.2, 0) is 4.79 Å². The maximum absolute atomic E-state index is 12.7. The molecule has 0 radical (unpaired) electrons. The van der Waals surface area contributed by atoms with Gasteiger partial charge in [0.2, 0.25) is 0 Å². The molecule has 0 aliphatic carbocycles. The molecule has 30 heavy (non-hydrogen) atoms. The van der Waals surface area contributed by atoms with Crippen LogP contribution >= 0.6 is 0 Å². The molecule has 0 aliphatic heterocycles. The normalized spacial score (nSPS) is 11.4. The average molecular weight is 402 g/mol. The number of carbonyl (C=O) groups excluding carboxylic acids is 2. The van der Waals surface area contributed by atoms with Gasteiger partial charge in [0.15, 0.2) is 6.10 Å². The van der Waals surface area contributed by atoms with Crippen molar-refractivity contribution in [3.8, 4) is 5.75 Å². The number of rotatable bonds is 7. The highest BCUT2D eigenvalue weighted by atomic mass is 16.5. The lowest BCUT2D eigenvalue weighted by Gasteiger charge is -2.19. The SMILES string of the molecule is CCC(Oc1ccccc1C)C(=O)Nc1ccc(NC(=O)c2ccccc2)c(C)c1. The van der Waals surface area contributed by atoms with Crippen molar-refractivity contribution < 1.29 is 14.3 Å². The van der Waals surface area contributed by atoms with Crippen LogP contribution in [0.15, 0.2) is 72.8 Å². The molecule has 0 fully saturated rings.